The number of rotatable bonds is 4. The minimum absolute atomic E-state index is 0.0358. The molecular weight excluding hydrogens is 232 g/mol. The zero-order valence-corrected chi connectivity index (χ0v) is 10.3. The summed E-state index contributed by atoms with van der Waals surface area (Å²) in [5, 5.41) is 13.5. The predicted molar refractivity (Wildman–Crippen MR) is 68.2 cm³/mol. The summed E-state index contributed by atoms with van der Waals surface area (Å²) in [6.45, 7) is 3.42. The van der Waals surface area contributed by atoms with Gasteiger partial charge < -0.3 is 5.32 Å². The van der Waals surface area contributed by atoms with E-state index in [1.165, 1.54) is 6.07 Å². The van der Waals surface area contributed by atoms with Gasteiger partial charge in [-0.05, 0) is 19.4 Å². The zero-order chi connectivity index (χ0) is 13.7. The standard InChI is InChI=1S/C13H14N2O3/c1-4-10(5-2)14-13(16)11-8-6-7-9(3)12(11)15(17)18/h1,6-8,10H,5H2,2-3H3,(H,14,16). The highest BCUT2D eigenvalue weighted by Gasteiger charge is 2.23. The van der Waals surface area contributed by atoms with Crippen LogP contribution in [0.5, 0.6) is 0 Å². The van der Waals surface area contributed by atoms with Crippen LogP contribution in [0, 0.1) is 29.4 Å². The van der Waals surface area contributed by atoms with Crippen LogP contribution in [-0.2, 0) is 0 Å². The van der Waals surface area contributed by atoms with Crippen LogP contribution in [0.3, 0.4) is 0 Å². The van der Waals surface area contributed by atoms with Gasteiger partial charge in [-0.1, -0.05) is 25.0 Å². The molecule has 1 unspecified atom stereocenters. The first-order valence-electron chi connectivity index (χ1n) is 5.52. The molecule has 94 valence electrons. The molecule has 0 aromatic heterocycles. The first kappa shape index (κ1) is 13.7. The number of carbonyl (C=O) groups is 1. The number of para-hydroxylation sites is 1. The summed E-state index contributed by atoms with van der Waals surface area (Å²) in [5.41, 5.74) is 0.303. The van der Waals surface area contributed by atoms with Crippen molar-refractivity contribution in [2.24, 2.45) is 0 Å². The van der Waals surface area contributed by atoms with Gasteiger partial charge in [-0.15, -0.1) is 6.42 Å². The van der Waals surface area contributed by atoms with Gasteiger partial charge in [0.25, 0.3) is 11.6 Å². The van der Waals surface area contributed by atoms with Crippen molar-refractivity contribution < 1.29 is 9.72 Å². The summed E-state index contributed by atoms with van der Waals surface area (Å²) in [4.78, 5) is 22.3. The average Bonchev–Trinajstić information content (AvgIpc) is 2.34. The van der Waals surface area contributed by atoms with E-state index in [-0.39, 0.29) is 11.3 Å². The predicted octanol–water partition coefficient (Wildman–Crippen LogP) is 2.04. The van der Waals surface area contributed by atoms with E-state index in [0.717, 1.165) is 0 Å². The summed E-state index contributed by atoms with van der Waals surface area (Å²) in [5.74, 6) is 1.90. The highest BCUT2D eigenvalue weighted by molar-refractivity contribution is 5.99. The molecule has 18 heavy (non-hydrogen) atoms. The minimum atomic E-state index is -0.554. The second-order valence-corrected chi connectivity index (χ2v) is 3.83. The first-order valence-corrected chi connectivity index (χ1v) is 5.52. The fourth-order valence-electron chi connectivity index (χ4n) is 1.58. The molecular formula is C13H14N2O3. The van der Waals surface area contributed by atoms with Gasteiger partial charge >= 0.3 is 0 Å². The average molecular weight is 246 g/mol. The summed E-state index contributed by atoms with van der Waals surface area (Å²) in [6.07, 6.45) is 5.81. The highest BCUT2D eigenvalue weighted by Crippen LogP contribution is 2.22. The van der Waals surface area contributed by atoms with Crippen molar-refractivity contribution >= 4 is 11.6 Å². The SMILES string of the molecule is C#CC(CC)NC(=O)c1cccc(C)c1[N+](=O)[O-]. The molecule has 0 aliphatic carbocycles. The molecule has 5 nitrogen and oxygen atoms in total. The number of hydrogen-bond donors (Lipinski definition) is 1. The van der Waals surface area contributed by atoms with E-state index in [1.807, 2.05) is 6.92 Å². The Morgan fingerprint density at radius 2 is 2.28 bits per heavy atom. The van der Waals surface area contributed by atoms with Crippen molar-refractivity contribution in [3.63, 3.8) is 0 Å². The van der Waals surface area contributed by atoms with Gasteiger partial charge in [0, 0.05) is 5.56 Å². The van der Waals surface area contributed by atoms with Gasteiger partial charge in [0.2, 0.25) is 0 Å². The molecule has 0 bridgehead atoms. The number of nitro groups is 1. The van der Waals surface area contributed by atoms with Crippen LogP contribution in [0.2, 0.25) is 0 Å². The van der Waals surface area contributed by atoms with Crippen molar-refractivity contribution in [3.8, 4) is 12.3 Å². The van der Waals surface area contributed by atoms with E-state index in [4.69, 9.17) is 6.42 Å². The van der Waals surface area contributed by atoms with Gasteiger partial charge in [0.05, 0.1) is 11.0 Å². The molecule has 0 radical (unpaired) electrons. The molecule has 0 aliphatic heterocycles. The van der Waals surface area contributed by atoms with Crippen LogP contribution < -0.4 is 5.32 Å². The van der Waals surface area contributed by atoms with E-state index in [2.05, 4.69) is 11.2 Å². The molecule has 0 saturated heterocycles. The number of aryl methyl sites for hydroxylation is 1. The van der Waals surface area contributed by atoms with Crippen molar-refractivity contribution in [1.29, 1.82) is 0 Å². The Morgan fingerprint density at radius 3 is 2.78 bits per heavy atom. The monoisotopic (exact) mass is 246 g/mol. The number of hydrogen-bond acceptors (Lipinski definition) is 3. The zero-order valence-electron chi connectivity index (χ0n) is 10.3. The van der Waals surface area contributed by atoms with Crippen molar-refractivity contribution in [2.75, 3.05) is 0 Å². The minimum Gasteiger partial charge on any atom is -0.338 e. The highest BCUT2D eigenvalue weighted by atomic mass is 16.6. The van der Waals surface area contributed by atoms with Crippen LogP contribution in [-0.4, -0.2) is 16.9 Å². The maximum absolute atomic E-state index is 11.9. The normalized spacial score (nSPS) is 11.4. The second kappa shape index (κ2) is 5.82. The molecule has 1 amide bonds. The maximum Gasteiger partial charge on any atom is 0.285 e. The number of nitrogens with zero attached hydrogens (tertiary/aromatic N) is 1. The van der Waals surface area contributed by atoms with Crippen molar-refractivity contribution in [3.05, 3.63) is 39.4 Å². The molecule has 1 rings (SSSR count). The number of benzene rings is 1. The lowest BCUT2D eigenvalue weighted by molar-refractivity contribution is -0.385. The van der Waals surface area contributed by atoms with Gasteiger partial charge in [-0.3, -0.25) is 14.9 Å². The Kier molecular flexibility index (Phi) is 4.44. The van der Waals surface area contributed by atoms with Gasteiger partial charge in [-0.25, -0.2) is 0 Å². The lowest BCUT2D eigenvalue weighted by Crippen LogP contribution is -2.33. The van der Waals surface area contributed by atoms with Crippen molar-refractivity contribution in [2.45, 2.75) is 26.3 Å². The molecule has 0 fully saturated rings. The largest absolute Gasteiger partial charge is 0.338 e. The molecule has 0 saturated carbocycles. The smallest absolute Gasteiger partial charge is 0.285 e. The van der Waals surface area contributed by atoms with Gasteiger partial charge in [0.15, 0.2) is 0 Å². The second-order valence-electron chi connectivity index (χ2n) is 3.83. The van der Waals surface area contributed by atoms with E-state index in [1.54, 1.807) is 19.1 Å². The van der Waals surface area contributed by atoms with Crippen molar-refractivity contribution in [1.82, 2.24) is 5.32 Å². The van der Waals surface area contributed by atoms with Gasteiger partial charge in [-0.2, -0.15) is 0 Å². The van der Waals surface area contributed by atoms with Gasteiger partial charge in [0.1, 0.15) is 5.56 Å². The fraction of sp³-hybridized carbons (Fsp3) is 0.308. The number of amides is 1. The summed E-state index contributed by atoms with van der Waals surface area (Å²) in [7, 11) is 0. The lowest BCUT2D eigenvalue weighted by Gasteiger charge is -2.11. The maximum atomic E-state index is 11.9. The summed E-state index contributed by atoms with van der Waals surface area (Å²) < 4.78 is 0. The number of terminal acetylenes is 1. The Hall–Kier alpha value is -2.35. The number of nitrogens with one attached hydrogen (secondary N) is 1. The number of carbonyl (C=O) groups excluding carboxylic acids is 1. The Balaban J connectivity index is 3.11. The molecule has 1 aromatic rings. The van der Waals surface area contributed by atoms with E-state index in [0.29, 0.717) is 12.0 Å². The van der Waals surface area contributed by atoms with Crippen LogP contribution >= 0.6 is 0 Å². The third-order valence-corrected chi connectivity index (χ3v) is 2.58. The first-order chi connectivity index (χ1) is 8.51. The van der Waals surface area contributed by atoms with Crippen LogP contribution in [0.25, 0.3) is 0 Å². The van der Waals surface area contributed by atoms with Crippen LogP contribution in [0.1, 0.15) is 29.3 Å². The molecule has 1 N–H and O–H groups in total. The fourth-order valence-corrected chi connectivity index (χ4v) is 1.58. The molecule has 1 aromatic carbocycles. The molecule has 0 aliphatic rings. The van der Waals surface area contributed by atoms with E-state index >= 15 is 0 Å². The number of nitro benzene ring substituents is 1. The summed E-state index contributed by atoms with van der Waals surface area (Å²) in [6, 6.07) is 4.20. The quantitative estimate of drug-likeness (QED) is 0.502. The van der Waals surface area contributed by atoms with E-state index in [9.17, 15) is 14.9 Å². The Bertz CT molecular complexity index is 517. The molecule has 0 heterocycles. The Morgan fingerprint density at radius 1 is 1.61 bits per heavy atom. The lowest BCUT2D eigenvalue weighted by atomic mass is 10.1. The third-order valence-electron chi connectivity index (χ3n) is 2.58. The summed E-state index contributed by atoms with van der Waals surface area (Å²) >= 11 is 0. The Labute approximate surface area is 105 Å². The topological polar surface area (TPSA) is 72.2 Å². The molecule has 1 atom stereocenters. The van der Waals surface area contributed by atoms with Crippen LogP contribution in [0.4, 0.5) is 5.69 Å². The van der Waals surface area contributed by atoms with Crippen LogP contribution in [0.15, 0.2) is 18.2 Å². The molecule has 5 heteroatoms. The third kappa shape index (κ3) is 2.86. The molecule has 0 spiro atoms. The van der Waals surface area contributed by atoms with E-state index < -0.39 is 16.9 Å².